The lowest BCUT2D eigenvalue weighted by Crippen LogP contribution is -2.53. The van der Waals surface area contributed by atoms with E-state index < -0.39 is 0 Å². The molecule has 1 aliphatic rings. The van der Waals surface area contributed by atoms with Gasteiger partial charge in [-0.15, -0.1) is 12.4 Å². The van der Waals surface area contributed by atoms with E-state index in [9.17, 15) is 0 Å². The fourth-order valence-corrected chi connectivity index (χ4v) is 2.71. The van der Waals surface area contributed by atoms with E-state index >= 15 is 0 Å². The second kappa shape index (κ2) is 8.61. The third-order valence-corrected chi connectivity index (χ3v) is 3.87. The molecule has 2 atom stereocenters. The number of nitrogens with zero attached hydrogens (tertiary/aromatic N) is 1. The number of nitrogens with one attached hydrogen (secondary N) is 1. The Labute approximate surface area is 140 Å². The summed E-state index contributed by atoms with van der Waals surface area (Å²) in [7, 11) is 1.70. The highest BCUT2D eigenvalue weighted by Crippen LogP contribution is 2.29. The smallest absolute Gasteiger partial charge is 0.161 e. The standard InChI is InChI=1S/C17H28N2O2.ClH/c1-12(2)21-16-7-6-15(8-17(16)20-5)11-19-10-13(3)18-9-14(19)4;/h6-8,12-14,18H,9-11H2,1-5H3;1H. The molecule has 0 aliphatic carbocycles. The van der Waals surface area contributed by atoms with Crippen LogP contribution in [0.1, 0.15) is 33.3 Å². The van der Waals surface area contributed by atoms with E-state index in [1.807, 2.05) is 19.9 Å². The fourth-order valence-electron chi connectivity index (χ4n) is 2.71. The van der Waals surface area contributed by atoms with Gasteiger partial charge in [0.2, 0.25) is 0 Å². The summed E-state index contributed by atoms with van der Waals surface area (Å²) >= 11 is 0. The van der Waals surface area contributed by atoms with Crippen LogP contribution in [0.2, 0.25) is 0 Å². The first-order chi connectivity index (χ1) is 9.99. The summed E-state index contributed by atoms with van der Waals surface area (Å²) in [5.41, 5.74) is 1.27. The maximum Gasteiger partial charge on any atom is 0.161 e. The summed E-state index contributed by atoms with van der Waals surface area (Å²) in [4.78, 5) is 2.51. The maximum atomic E-state index is 5.77. The van der Waals surface area contributed by atoms with E-state index in [2.05, 4.69) is 36.2 Å². The molecular formula is C17H29ClN2O2. The highest BCUT2D eigenvalue weighted by Gasteiger charge is 2.22. The molecule has 0 amide bonds. The van der Waals surface area contributed by atoms with Gasteiger partial charge in [0, 0.05) is 31.7 Å². The van der Waals surface area contributed by atoms with Crippen LogP contribution < -0.4 is 14.8 Å². The van der Waals surface area contributed by atoms with E-state index in [1.165, 1.54) is 5.56 Å². The molecule has 0 saturated carbocycles. The monoisotopic (exact) mass is 328 g/mol. The minimum atomic E-state index is 0. The second-order valence-electron chi connectivity index (χ2n) is 6.24. The van der Waals surface area contributed by atoms with Crippen LogP contribution in [0.3, 0.4) is 0 Å². The van der Waals surface area contributed by atoms with Crippen molar-refractivity contribution in [2.75, 3.05) is 20.2 Å². The minimum absolute atomic E-state index is 0. The first-order valence-corrected chi connectivity index (χ1v) is 7.80. The maximum absolute atomic E-state index is 5.77. The summed E-state index contributed by atoms with van der Waals surface area (Å²) in [5, 5.41) is 3.51. The second-order valence-corrected chi connectivity index (χ2v) is 6.24. The number of hydrogen-bond acceptors (Lipinski definition) is 4. The predicted molar refractivity (Wildman–Crippen MR) is 93.3 cm³/mol. The normalized spacial score (nSPS) is 22.3. The highest BCUT2D eigenvalue weighted by atomic mass is 35.5. The van der Waals surface area contributed by atoms with Crippen molar-refractivity contribution in [2.45, 2.75) is 52.4 Å². The van der Waals surface area contributed by atoms with Crippen LogP contribution in [0.5, 0.6) is 11.5 Å². The van der Waals surface area contributed by atoms with Crippen LogP contribution in [0, 0.1) is 0 Å². The van der Waals surface area contributed by atoms with Crippen molar-refractivity contribution in [2.24, 2.45) is 0 Å². The Bertz CT molecular complexity index is 468. The highest BCUT2D eigenvalue weighted by molar-refractivity contribution is 5.85. The lowest BCUT2D eigenvalue weighted by Gasteiger charge is -2.37. The molecule has 2 unspecified atom stereocenters. The summed E-state index contributed by atoms with van der Waals surface area (Å²) < 4.78 is 11.2. The Morgan fingerprint density at radius 3 is 2.64 bits per heavy atom. The van der Waals surface area contributed by atoms with Crippen LogP contribution in [-0.4, -0.2) is 43.3 Å². The van der Waals surface area contributed by atoms with E-state index in [4.69, 9.17) is 9.47 Å². The van der Waals surface area contributed by atoms with Gasteiger partial charge in [-0.05, 0) is 45.4 Å². The molecule has 0 spiro atoms. The lowest BCUT2D eigenvalue weighted by molar-refractivity contribution is 0.138. The van der Waals surface area contributed by atoms with Crippen molar-refractivity contribution in [3.05, 3.63) is 23.8 Å². The number of halogens is 1. The van der Waals surface area contributed by atoms with Gasteiger partial charge in [-0.2, -0.15) is 0 Å². The zero-order valence-corrected chi connectivity index (χ0v) is 15.1. The Morgan fingerprint density at radius 2 is 2.00 bits per heavy atom. The molecule has 1 aliphatic heterocycles. The van der Waals surface area contributed by atoms with Gasteiger partial charge in [0.05, 0.1) is 13.2 Å². The molecule has 1 saturated heterocycles. The molecule has 1 heterocycles. The molecule has 1 fully saturated rings. The molecule has 126 valence electrons. The number of piperazine rings is 1. The molecule has 4 nitrogen and oxygen atoms in total. The number of benzene rings is 1. The number of ether oxygens (including phenoxy) is 2. The molecule has 0 aromatic heterocycles. The first-order valence-electron chi connectivity index (χ1n) is 7.80. The van der Waals surface area contributed by atoms with E-state index in [-0.39, 0.29) is 18.5 Å². The number of methoxy groups -OCH3 is 1. The van der Waals surface area contributed by atoms with E-state index in [1.54, 1.807) is 7.11 Å². The molecule has 1 aromatic rings. The molecule has 0 bridgehead atoms. The first kappa shape index (κ1) is 19.1. The SMILES string of the molecule is COc1cc(CN2CC(C)NCC2C)ccc1OC(C)C.Cl. The number of hydrogen-bond donors (Lipinski definition) is 1. The summed E-state index contributed by atoms with van der Waals surface area (Å²) in [6, 6.07) is 7.35. The van der Waals surface area contributed by atoms with Gasteiger partial charge < -0.3 is 14.8 Å². The largest absolute Gasteiger partial charge is 0.493 e. The van der Waals surface area contributed by atoms with Gasteiger partial charge in [-0.1, -0.05) is 6.07 Å². The third kappa shape index (κ3) is 5.04. The molecule has 1 aromatic carbocycles. The topological polar surface area (TPSA) is 33.7 Å². The van der Waals surface area contributed by atoms with Crippen LogP contribution >= 0.6 is 12.4 Å². The van der Waals surface area contributed by atoms with Crippen LogP contribution in [0.25, 0.3) is 0 Å². The van der Waals surface area contributed by atoms with Crippen molar-refractivity contribution in [1.29, 1.82) is 0 Å². The Balaban J connectivity index is 0.00000242. The van der Waals surface area contributed by atoms with Crippen molar-refractivity contribution in [3.63, 3.8) is 0 Å². The van der Waals surface area contributed by atoms with Gasteiger partial charge in [0.25, 0.3) is 0 Å². The zero-order chi connectivity index (χ0) is 15.4. The summed E-state index contributed by atoms with van der Waals surface area (Å²) in [6.45, 7) is 11.6. The van der Waals surface area contributed by atoms with Crippen molar-refractivity contribution in [1.82, 2.24) is 10.2 Å². The molecule has 1 N–H and O–H groups in total. The van der Waals surface area contributed by atoms with Crippen molar-refractivity contribution < 1.29 is 9.47 Å². The average Bonchev–Trinajstić information content (AvgIpc) is 2.44. The van der Waals surface area contributed by atoms with Gasteiger partial charge in [0.15, 0.2) is 11.5 Å². The molecule has 5 heteroatoms. The van der Waals surface area contributed by atoms with E-state index in [0.717, 1.165) is 31.1 Å². The Hall–Kier alpha value is -0.970. The van der Waals surface area contributed by atoms with Gasteiger partial charge >= 0.3 is 0 Å². The Morgan fingerprint density at radius 1 is 1.27 bits per heavy atom. The van der Waals surface area contributed by atoms with Crippen LogP contribution in [-0.2, 0) is 6.54 Å². The third-order valence-electron chi connectivity index (χ3n) is 3.87. The quantitative estimate of drug-likeness (QED) is 0.900. The zero-order valence-electron chi connectivity index (χ0n) is 14.3. The van der Waals surface area contributed by atoms with E-state index in [0.29, 0.717) is 12.1 Å². The van der Waals surface area contributed by atoms with Gasteiger partial charge in [-0.25, -0.2) is 0 Å². The van der Waals surface area contributed by atoms with Gasteiger partial charge in [0.1, 0.15) is 0 Å². The van der Waals surface area contributed by atoms with Crippen molar-refractivity contribution >= 4 is 12.4 Å². The fraction of sp³-hybridized carbons (Fsp3) is 0.647. The van der Waals surface area contributed by atoms with Crippen molar-refractivity contribution in [3.8, 4) is 11.5 Å². The predicted octanol–water partition coefficient (Wildman–Crippen LogP) is 3.09. The summed E-state index contributed by atoms with van der Waals surface area (Å²) in [6.07, 6.45) is 0.152. The van der Waals surface area contributed by atoms with Crippen LogP contribution in [0.4, 0.5) is 0 Å². The average molecular weight is 329 g/mol. The molecular weight excluding hydrogens is 300 g/mol. The molecule has 0 radical (unpaired) electrons. The Kier molecular flexibility index (Phi) is 7.46. The van der Waals surface area contributed by atoms with Crippen LogP contribution in [0.15, 0.2) is 18.2 Å². The summed E-state index contributed by atoms with van der Waals surface area (Å²) in [5.74, 6) is 1.63. The molecule has 2 rings (SSSR count). The lowest BCUT2D eigenvalue weighted by atomic mass is 10.1. The minimum Gasteiger partial charge on any atom is -0.493 e. The number of rotatable bonds is 5. The molecule has 22 heavy (non-hydrogen) atoms. The van der Waals surface area contributed by atoms with Gasteiger partial charge in [-0.3, -0.25) is 4.90 Å².